The highest BCUT2D eigenvalue weighted by atomic mass is 16.5. The standard InChI is InChI=1S/C25H28N4O4/c1-15-4-5-22(16(2)10-15)33-9-3-7-26-19-6-8-27-25(32)23(19)24-28-20-11-17(13-30)18(14-31)12-21(20)29-24/h5-6,8,10-15,24,28-29H,3-4,7,9H2,1-2H3,(H2,26,27,32). The number of carbonyl (C=O) groups is 2. The summed E-state index contributed by atoms with van der Waals surface area (Å²) in [7, 11) is 0. The van der Waals surface area contributed by atoms with Gasteiger partial charge in [0.25, 0.3) is 5.56 Å². The molecule has 8 nitrogen and oxygen atoms in total. The molecule has 1 atom stereocenters. The number of nitrogens with one attached hydrogen (secondary N) is 4. The van der Waals surface area contributed by atoms with Gasteiger partial charge in [0.2, 0.25) is 0 Å². The van der Waals surface area contributed by atoms with Gasteiger partial charge in [-0.3, -0.25) is 14.4 Å². The monoisotopic (exact) mass is 448 g/mol. The first kappa shape index (κ1) is 22.4. The number of aromatic amines is 1. The first-order valence-corrected chi connectivity index (χ1v) is 11.1. The Morgan fingerprint density at radius 1 is 1.15 bits per heavy atom. The van der Waals surface area contributed by atoms with Crippen molar-refractivity contribution in [3.05, 3.63) is 74.9 Å². The molecule has 0 spiro atoms. The molecule has 0 bridgehead atoms. The molecular formula is C25H28N4O4. The highest BCUT2D eigenvalue weighted by molar-refractivity contribution is 5.95. The number of H-pyrrole nitrogens is 1. The number of aromatic nitrogens is 1. The van der Waals surface area contributed by atoms with E-state index in [1.165, 1.54) is 5.57 Å². The number of hydrogen-bond donors (Lipinski definition) is 4. The molecule has 33 heavy (non-hydrogen) atoms. The van der Waals surface area contributed by atoms with Crippen LogP contribution in [0.2, 0.25) is 0 Å². The van der Waals surface area contributed by atoms with Crippen molar-refractivity contribution in [3.8, 4) is 0 Å². The van der Waals surface area contributed by atoms with Crippen LogP contribution in [0.1, 0.15) is 59.1 Å². The van der Waals surface area contributed by atoms with Gasteiger partial charge in [-0.25, -0.2) is 0 Å². The fourth-order valence-electron chi connectivity index (χ4n) is 4.18. The number of anilines is 3. The van der Waals surface area contributed by atoms with Gasteiger partial charge in [-0.2, -0.15) is 0 Å². The fourth-order valence-corrected chi connectivity index (χ4v) is 4.18. The Morgan fingerprint density at radius 3 is 2.48 bits per heavy atom. The van der Waals surface area contributed by atoms with Gasteiger partial charge in [-0.05, 0) is 55.5 Å². The number of fused-ring (bicyclic) bond motifs is 1. The highest BCUT2D eigenvalue weighted by Gasteiger charge is 2.27. The molecule has 172 valence electrons. The summed E-state index contributed by atoms with van der Waals surface area (Å²) in [4.78, 5) is 37.9. The van der Waals surface area contributed by atoms with E-state index in [1.54, 1.807) is 18.3 Å². The number of allylic oxidation sites excluding steroid dienone is 3. The summed E-state index contributed by atoms with van der Waals surface area (Å²) >= 11 is 0. The normalized spacial score (nSPS) is 17.2. The number of benzene rings is 1. The van der Waals surface area contributed by atoms with E-state index in [-0.39, 0.29) is 5.56 Å². The third-order valence-electron chi connectivity index (χ3n) is 5.86. The van der Waals surface area contributed by atoms with Crippen LogP contribution in [0, 0.1) is 5.92 Å². The molecule has 0 amide bonds. The van der Waals surface area contributed by atoms with Gasteiger partial charge in [0.05, 0.1) is 23.5 Å². The van der Waals surface area contributed by atoms with E-state index >= 15 is 0 Å². The van der Waals surface area contributed by atoms with Gasteiger partial charge in [0.15, 0.2) is 12.6 Å². The van der Waals surface area contributed by atoms with Crippen LogP contribution >= 0.6 is 0 Å². The molecule has 8 heteroatoms. The van der Waals surface area contributed by atoms with Gasteiger partial charge >= 0.3 is 0 Å². The zero-order valence-corrected chi connectivity index (χ0v) is 18.7. The summed E-state index contributed by atoms with van der Waals surface area (Å²) in [6, 6.07) is 5.03. The summed E-state index contributed by atoms with van der Waals surface area (Å²) in [6.45, 7) is 5.46. The van der Waals surface area contributed by atoms with E-state index in [0.717, 1.165) is 18.6 Å². The van der Waals surface area contributed by atoms with Crippen molar-refractivity contribution in [2.24, 2.45) is 5.92 Å². The first-order valence-electron chi connectivity index (χ1n) is 11.1. The number of carbonyl (C=O) groups excluding carboxylic acids is 2. The van der Waals surface area contributed by atoms with E-state index in [4.69, 9.17) is 4.74 Å². The summed E-state index contributed by atoms with van der Waals surface area (Å²) < 4.78 is 5.92. The van der Waals surface area contributed by atoms with Gasteiger partial charge in [-0.1, -0.05) is 13.0 Å². The van der Waals surface area contributed by atoms with Gasteiger partial charge in [0.1, 0.15) is 11.9 Å². The van der Waals surface area contributed by atoms with E-state index < -0.39 is 6.17 Å². The maximum absolute atomic E-state index is 12.7. The molecule has 2 aromatic rings. The molecule has 2 aliphatic rings. The number of aldehydes is 2. The lowest BCUT2D eigenvalue weighted by Gasteiger charge is -2.19. The average molecular weight is 449 g/mol. The fraction of sp³-hybridized carbons (Fsp3) is 0.320. The van der Waals surface area contributed by atoms with Crippen LogP contribution in [0.4, 0.5) is 17.1 Å². The van der Waals surface area contributed by atoms with E-state index in [9.17, 15) is 14.4 Å². The van der Waals surface area contributed by atoms with Crippen LogP contribution in [-0.4, -0.2) is 30.7 Å². The molecule has 1 aromatic carbocycles. The molecule has 4 rings (SSSR count). The van der Waals surface area contributed by atoms with Crippen molar-refractivity contribution < 1.29 is 14.3 Å². The minimum Gasteiger partial charge on any atom is -0.494 e. The van der Waals surface area contributed by atoms with Gasteiger partial charge < -0.3 is 25.7 Å². The zero-order valence-electron chi connectivity index (χ0n) is 18.7. The topological polar surface area (TPSA) is 112 Å². The summed E-state index contributed by atoms with van der Waals surface area (Å²) in [5, 5.41) is 9.79. The van der Waals surface area contributed by atoms with Crippen LogP contribution in [-0.2, 0) is 4.74 Å². The van der Waals surface area contributed by atoms with Crippen molar-refractivity contribution in [2.75, 3.05) is 29.1 Å². The van der Waals surface area contributed by atoms with Crippen LogP contribution in [0.3, 0.4) is 0 Å². The maximum atomic E-state index is 12.7. The SMILES string of the molecule is CC1=CC(C)CC=C1OCCCNc1cc[nH]c(=O)c1C1Nc2cc(C=O)c(C=O)cc2N1. The molecule has 2 heterocycles. The third kappa shape index (κ3) is 4.84. The molecule has 1 unspecified atom stereocenters. The van der Waals surface area contributed by atoms with E-state index in [2.05, 4.69) is 46.9 Å². The number of pyridine rings is 1. The second-order valence-electron chi connectivity index (χ2n) is 8.38. The third-order valence-corrected chi connectivity index (χ3v) is 5.86. The second kappa shape index (κ2) is 9.77. The smallest absolute Gasteiger partial charge is 0.257 e. The van der Waals surface area contributed by atoms with Crippen molar-refractivity contribution >= 4 is 29.6 Å². The van der Waals surface area contributed by atoms with Gasteiger partial charge in [0, 0.05) is 29.6 Å². The Hall–Kier alpha value is -3.81. The second-order valence-corrected chi connectivity index (χ2v) is 8.38. The maximum Gasteiger partial charge on any atom is 0.257 e. The molecule has 0 fully saturated rings. The minimum atomic E-state index is -0.507. The first-order chi connectivity index (χ1) is 16.0. The molecule has 0 saturated carbocycles. The van der Waals surface area contributed by atoms with Crippen molar-refractivity contribution in [1.82, 2.24) is 4.98 Å². The average Bonchev–Trinajstić information content (AvgIpc) is 3.21. The molecule has 1 aromatic heterocycles. The predicted octanol–water partition coefficient (Wildman–Crippen LogP) is 4.22. The Bertz CT molecular complexity index is 1140. The Kier molecular flexibility index (Phi) is 6.63. The lowest BCUT2D eigenvalue weighted by Crippen LogP contribution is -2.25. The summed E-state index contributed by atoms with van der Waals surface area (Å²) in [5.74, 6) is 1.50. The molecular weight excluding hydrogens is 420 g/mol. The van der Waals surface area contributed by atoms with E-state index in [0.29, 0.717) is 65.4 Å². The Morgan fingerprint density at radius 2 is 1.85 bits per heavy atom. The lowest BCUT2D eigenvalue weighted by molar-refractivity contribution is 0.109. The minimum absolute atomic E-state index is 0.234. The number of ether oxygens (including phenoxy) is 1. The molecule has 0 saturated heterocycles. The molecule has 1 aliphatic heterocycles. The van der Waals surface area contributed by atoms with Gasteiger partial charge in [-0.15, -0.1) is 0 Å². The highest BCUT2D eigenvalue weighted by Crippen LogP contribution is 2.37. The number of rotatable bonds is 9. The zero-order chi connectivity index (χ0) is 23.4. The quantitative estimate of drug-likeness (QED) is 0.336. The largest absolute Gasteiger partial charge is 0.494 e. The molecule has 0 radical (unpaired) electrons. The molecule has 4 N–H and O–H groups in total. The summed E-state index contributed by atoms with van der Waals surface area (Å²) in [6.07, 6.45) is 8.51. The van der Waals surface area contributed by atoms with Crippen LogP contribution in [0.15, 0.2) is 52.7 Å². The van der Waals surface area contributed by atoms with Crippen molar-refractivity contribution in [2.45, 2.75) is 32.9 Å². The van der Waals surface area contributed by atoms with Crippen LogP contribution < -0.4 is 21.5 Å². The number of hydrogen-bond acceptors (Lipinski definition) is 7. The lowest BCUT2D eigenvalue weighted by atomic mass is 9.97. The van der Waals surface area contributed by atoms with Crippen LogP contribution in [0.5, 0.6) is 0 Å². The van der Waals surface area contributed by atoms with E-state index in [1.807, 2.05) is 6.07 Å². The van der Waals surface area contributed by atoms with Crippen molar-refractivity contribution in [1.29, 1.82) is 0 Å². The molecule has 1 aliphatic carbocycles. The van der Waals surface area contributed by atoms with Crippen LogP contribution in [0.25, 0.3) is 0 Å². The summed E-state index contributed by atoms with van der Waals surface area (Å²) in [5.41, 5.74) is 4.05. The Labute approximate surface area is 192 Å². The van der Waals surface area contributed by atoms with Crippen molar-refractivity contribution in [3.63, 3.8) is 0 Å². The predicted molar refractivity (Wildman–Crippen MR) is 129 cm³/mol. The Balaban J connectivity index is 1.40.